The first-order valence-electron chi connectivity index (χ1n) is 8.52. The average molecular weight is 309 g/mol. The number of phenols is 1. The highest BCUT2D eigenvalue weighted by atomic mass is 16.5. The van der Waals surface area contributed by atoms with E-state index < -0.39 is 0 Å². The second kappa shape index (κ2) is 5.89. The van der Waals surface area contributed by atoms with E-state index in [1.54, 1.807) is 6.07 Å². The second-order valence-electron chi connectivity index (χ2n) is 6.72. The predicted molar refractivity (Wildman–Crippen MR) is 92.6 cm³/mol. The quantitative estimate of drug-likeness (QED) is 0.894. The van der Waals surface area contributed by atoms with Crippen LogP contribution in [0.15, 0.2) is 42.5 Å². The van der Waals surface area contributed by atoms with Gasteiger partial charge in [-0.1, -0.05) is 18.2 Å². The van der Waals surface area contributed by atoms with Crippen LogP contribution in [0.1, 0.15) is 36.8 Å². The normalized spacial score (nSPS) is 21.4. The Morgan fingerprint density at radius 3 is 2.78 bits per heavy atom. The molecular formula is C20H23NO2. The number of phenolic OH excluding ortho intramolecular Hbond substituents is 1. The van der Waals surface area contributed by atoms with Crippen molar-refractivity contribution in [3.63, 3.8) is 0 Å². The molecule has 1 heterocycles. The molecule has 1 saturated carbocycles. The van der Waals surface area contributed by atoms with Gasteiger partial charge in [-0.25, -0.2) is 0 Å². The van der Waals surface area contributed by atoms with Gasteiger partial charge >= 0.3 is 0 Å². The third-order valence-electron chi connectivity index (χ3n) is 4.81. The van der Waals surface area contributed by atoms with Crippen molar-refractivity contribution in [2.24, 2.45) is 0 Å². The summed E-state index contributed by atoms with van der Waals surface area (Å²) in [6.45, 7) is 3.64. The minimum absolute atomic E-state index is 0.245. The second-order valence-corrected chi connectivity index (χ2v) is 6.72. The molecule has 0 spiro atoms. The summed E-state index contributed by atoms with van der Waals surface area (Å²) >= 11 is 0. The number of rotatable bonds is 2. The molecule has 0 saturated heterocycles. The highest BCUT2D eigenvalue weighted by Crippen LogP contribution is 2.42. The molecule has 1 aliphatic carbocycles. The smallest absolute Gasteiger partial charge is 0.117 e. The number of benzene rings is 2. The molecule has 0 bridgehead atoms. The SMILES string of the molecule is CC1Cc2cc(C3CC3)ccc2N(c2cccc(O)c2)CCO1. The lowest BCUT2D eigenvalue weighted by atomic mass is 9.99. The highest BCUT2D eigenvalue weighted by Gasteiger charge is 2.26. The molecule has 23 heavy (non-hydrogen) atoms. The van der Waals surface area contributed by atoms with Crippen molar-refractivity contribution in [3.8, 4) is 5.75 Å². The van der Waals surface area contributed by atoms with E-state index in [9.17, 15) is 5.11 Å². The molecular weight excluding hydrogens is 286 g/mol. The monoisotopic (exact) mass is 309 g/mol. The van der Waals surface area contributed by atoms with Gasteiger partial charge in [0.2, 0.25) is 0 Å². The standard InChI is InChI=1S/C20H23NO2/c1-14-11-17-12-16(15-5-6-15)7-8-20(17)21(9-10-23-14)18-3-2-4-19(22)13-18/h2-4,7-8,12-15,22H,5-6,9-11H2,1H3. The fourth-order valence-corrected chi connectivity index (χ4v) is 3.47. The molecule has 3 nitrogen and oxygen atoms in total. The van der Waals surface area contributed by atoms with Crippen LogP contribution in [0.5, 0.6) is 5.75 Å². The minimum atomic E-state index is 0.245. The largest absolute Gasteiger partial charge is 0.508 e. The van der Waals surface area contributed by atoms with Gasteiger partial charge in [-0.15, -0.1) is 0 Å². The summed E-state index contributed by atoms with van der Waals surface area (Å²) < 4.78 is 5.93. The van der Waals surface area contributed by atoms with Crippen molar-refractivity contribution in [3.05, 3.63) is 53.6 Å². The molecule has 0 radical (unpaired) electrons. The van der Waals surface area contributed by atoms with Crippen molar-refractivity contribution < 1.29 is 9.84 Å². The Kier molecular flexibility index (Phi) is 3.74. The molecule has 1 atom stereocenters. The van der Waals surface area contributed by atoms with Crippen LogP contribution >= 0.6 is 0 Å². The van der Waals surface area contributed by atoms with Crippen LogP contribution in [0, 0.1) is 0 Å². The number of fused-ring (bicyclic) bond motifs is 1. The summed E-state index contributed by atoms with van der Waals surface area (Å²) in [5.41, 5.74) is 5.08. The maximum absolute atomic E-state index is 9.83. The van der Waals surface area contributed by atoms with Crippen LogP contribution in [0.3, 0.4) is 0 Å². The molecule has 2 aromatic rings. The first-order chi connectivity index (χ1) is 11.2. The summed E-state index contributed by atoms with van der Waals surface area (Å²) in [4.78, 5) is 2.26. The van der Waals surface area contributed by atoms with E-state index in [0.717, 1.165) is 24.6 Å². The Morgan fingerprint density at radius 1 is 1.13 bits per heavy atom. The zero-order chi connectivity index (χ0) is 15.8. The highest BCUT2D eigenvalue weighted by molar-refractivity contribution is 5.68. The van der Waals surface area contributed by atoms with E-state index in [-0.39, 0.29) is 6.10 Å². The zero-order valence-corrected chi connectivity index (χ0v) is 13.5. The summed E-state index contributed by atoms with van der Waals surface area (Å²) in [5, 5.41) is 9.83. The molecule has 1 fully saturated rings. The Labute approximate surface area is 137 Å². The Bertz CT molecular complexity index is 709. The fraction of sp³-hybridized carbons (Fsp3) is 0.400. The van der Waals surface area contributed by atoms with E-state index >= 15 is 0 Å². The van der Waals surface area contributed by atoms with Gasteiger partial charge in [0.05, 0.1) is 12.7 Å². The number of anilines is 2. The molecule has 3 heteroatoms. The van der Waals surface area contributed by atoms with Crippen LogP contribution < -0.4 is 4.90 Å². The number of ether oxygens (including phenoxy) is 1. The van der Waals surface area contributed by atoms with Gasteiger partial charge in [-0.3, -0.25) is 0 Å². The number of hydrogen-bond donors (Lipinski definition) is 1. The lowest BCUT2D eigenvalue weighted by molar-refractivity contribution is 0.0703. The van der Waals surface area contributed by atoms with Gasteiger partial charge in [-0.05, 0) is 55.0 Å². The van der Waals surface area contributed by atoms with Crippen LogP contribution in [0.2, 0.25) is 0 Å². The van der Waals surface area contributed by atoms with Crippen LogP contribution in [-0.2, 0) is 11.2 Å². The van der Waals surface area contributed by atoms with Gasteiger partial charge in [0, 0.05) is 30.4 Å². The fourth-order valence-electron chi connectivity index (χ4n) is 3.47. The van der Waals surface area contributed by atoms with Crippen molar-refractivity contribution in [1.82, 2.24) is 0 Å². The maximum atomic E-state index is 9.83. The Balaban J connectivity index is 1.77. The summed E-state index contributed by atoms with van der Waals surface area (Å²) in [7, 11) is 0. The Morgan fingerprint density at radius 2 is 2.00 bits per heavy atom. The molecule has 1 N–H and O–H groups in total. The summed E-state index contributed by atoms with van der Waals surface area (Å²) in [6, 6.07) is 14.4. The number of aromatic hydroxyl groups is 1. The topological polar surface area (TPSA) is 32.7 Å². The molecule has 1 unspecified atom stereocenters. The summed E-state index contributed by atoms with van der Waals surface area (Å²) in [5.74, 6) is 1.06. The van der Waals surface area contributed by atoms with Crippen molar-refractivity contribution >= 4 is 11.4 Å². The molecule has 4 rings (SSSR count). The summed E-state index contributed by atoms with van der Waals surface area (Å²) in [6.07, 6.45) is 3.82. The molecule has 2 aromatic carbocycles. The van der Waals surface area contributed by atoms with Gasteiger partial charge < -0.3 is 14.7 Å². The minimum Gasteiger partial charge on any atom is -0.508 e. The van der Waals surface area contributed by atoms with E-state index in [1.807, 2.05) is 18.2 Å². The number of nitrogens with zero attached hydrogens (tertiary/aromatic N) is 1. The zero-order valence-electron chi connectivity index (χ0n) is 13.5. The van der Waals surface area contributed by atoms with E-state index in [2.05, 4.69) is 30.0 Å². The molecule has 1 aliphatic heterocycles. The first-order valence-corrected chi connectivity index (χ1v) is 8.52. The predicted octanol–water partition coefficient (Wildman–Crippen LogP) is 4.37. The van der Waals surface area contributed by atoms with Gasteiger partial charge in [0.1, 0.15) is 5.75 Å². The third-order valence-corrected chi connectivity index (χ3v) is 4.81. The van der Waals surface area contributed by atoms with Gasteiger partial charge in [0.25, 0.3) is 0 Å². The first kappa shape index (κ1) is 14.6. The van der Waals surface area contributed by atoms with E-state index in [1.165, 1.54) is 29.7 Å². The van der Waals surface area contributed by atoms with Crippen molar-refractivity contribution in [1.29, 1.82) is 0 Å². The Hall–Kier alpha value is -2.00. The average Bonchev–Trinajstić information content (AvgIpc) is 3.35. The van der Waals surface area contributed by atoms with Crippen LogP contribution in [-0.4, -0.2) is 24.4 Å². The van der Waals surface area contributed by atoms with Crippen molar-refractivity contribution in [2.75, 3.05) is 18.1 Å². The van der Waals surface area contributed by atoms with Crippen LogP contribution in [0.25, 0.3) is 0 Å². The van der Waals surface area contributed by atoms with Gasteiger partial charge in [0.15, 0.2) is 0 Å². The van der Waals surface area contributed by atoms with E-state index in [0.29, 0.717) is 12.4 Å². The molecule has 2 aliphatic rings. The third kappa shape index (κ3) is 3.06. The van der Waals surface area contributed by atoms with Gasteiger partial charge in [-0.2, -0.15) is 0 Å². The molecule has 120 valence electrons. The molecule has 0 amide bonds. The molecule has 0 aromatic heterocycles. The number of hydrogen-bond acceptors (Lipinski definition) is 3. The van der Waals surface area contributed by atoms with Crippen molar-refractivity contribution in [2.45, 2.75) is 38.2 Å². The lowest BCUT2D eigenvalue weighted by Gasteiger charge is -2.31. The maximum Gasteiger partial charge on any atom is 0.117 e. The van der Waals surface area contributed by atoms with E-state index in [4.69, 9.17) is 4.74 Å². The lowest BCUT2D eigenvalue weighted by Crippen LogP contribution is -2.29. The van der Waals surface area contributed by atoms with Crippen LogP contribution in [0.4, 0.5) is 11.4 Å².